The van der Waals surface area contributed by atoms with Crippen LogP contribution in [0.25, 0.3) is 0 Å². The quantitative estimate of drug-likeness (QED) is 0.577. The Kier molecular flexibility index (Phi) is 1.90. The van der Waals surface area contributed by atoms with E-state index in [-0.39, 0.29) is 5.79 Å². The first-order valence-electron chi connectivity index (χ1n) is 4.65. The second-order valence-corrected chi connectivity index (χ2v) is 3.51. The van der Waals surface area contributed by atoms with Crippen LogP contribution in [0.4, 0.5) is 0 Å². The summed E-state index contributed by atoms with van der Waals surface area (Å²) in [6, 6.07) is 0. The zero-order valence-electron chi connectivity index (χ0n) is 7.14. The Labute approximate surface area is 67.9 Å². The van der Waals surface area contributed by atoms with Gasteiger partial charge in [-0.1, -0.05) is 6.92 Å². The highest BCUT2D eigenvalue weighted by molar-refractivity contribution is 4.87. The van der Waals surface area contributed by atoms with Crippen molar-refractivity contribution in [1.29, 1.82) is 0 Å². The van der Waals surface area contributed by atoms with E-state index in [0.29, 0.717) is 5.92 Å². The first kappa shape index (κ1) is 7.56. The second kappa shape index (κ2) is 2.76. The molecule has 0 aromatic heterocycles. The summed E-state index contributed by atoms with van der Waals surface area (Å²) in [5.41, 5.74) is 0. The summed E-state index contributed by atoms with van der Waals surface area (Å²) in [7, 11) is 0. The van der Waals surface area contributed by atoms with Crippen molar-refractivity contribution in [2.24, 2.45) is 5.92 Å². The zero-order chi connectivity index (χ0) is 7.73. The van der Waals surface area contributed by atoms with Gasteiger partial charge in [-0.2, -0.15) is 0 Å². The van der Waals surface area contributed by atoms with Gasteiger partial charge in [0.25, 0.3) is 0 Å². The van der Waals surface area contributed by atoms with Gasteiger partial charge in [0.15, 0.2) is 5.79 Å². The lowest BCUT2D eigenvalue weighted by atomic mass is 10.00. The molecule has 1 aliphatic carbocycles. The van der Waals surface area contributed by atoms with E-state index in [2.05, 4.69) is 6.92 Å². The SMILES string of the molecule is CC[C@@H]1CCCC12OCCO2. The smallest absolute Gasteiger partial charge is 0.171 e. The fraction of sp³-hybridized carbons (Fsp3) is 1.00. The van der Waals surface area contributed by atoms with Crippen LogP contribution in [0.5, 0.6) is 0 Å². The maximum atomic E-state index is 5.68. The minimum Gasteiger partial charge on any atom is -0.347 e. The average molecular weight is 156 g/mol. The van der Waals surface area contributed by atoms with E-state index >= 15 is 0 Å². The molecule has 2 heteroatoms. The van der Waals surface area contributed by atoms with Crippen molar-refractivity contribution in [3.8, 4) is 0 Å². The molecular weight excluding hydrogens is 140 g/mol. The van der Waals surface area contributed by atoms with Crippen molar-refractivity contribution >= 4 is 0 Å². The third kappa shape index (κ3) is 1.09. The first-order chi connectivity index (χ1) is 5.37. The monoisotopic (exact) mass is 156 g/mol. The van der Waals surface area contributed by atoms with Gasteiger partial charge in [-0.3, -0.25) is 0 Å². The fourth-order valence-corrected chi connectivity index (χ4v) is 2.38. The third-order valence-electron chi connectivity index (χ3n) is 2.97. The van der Waals surface area contributed by atoms with Crippen LogP contribution in [0.15, 0.2) is 0 Å². The van der Waals surface area contributed by atoms with Gasteiger partial charge < -0.3 is 9.47 Å². The minimum absolute atomic E-state index is 0.144. The van der Waals surface area contributed by atoms with Crippen LogP contribution in [-0.2, 0) is 9.47 Å². The highest BCUT2D eigenvalue weighted by atomic mass is 16.7. The lowest BCUT2D eigenvalue weighted by molar-refractivity contribution is -0.181. The van der Waals surface area contributed by atoms with E-state index in [0.717, 1.165) is 19.6 Å². The molecule has 0 aromatic carbocycles. The summed E-state index contributed by atoms with van der Waals surface area (Å²) in [4.78, 5) is 0. The van der Waals surface area contributed by atoms with E-state index in [9.17, 15) is 0 Å². The Bertz CT molecular complexity index is 133. The average Bonchev–Trinajstić information content (AvgIpc) is 2.62. The molecule has 0 unspecified atom stereocenters. The van der Waals surface area contributed by atoms with E-state index in [4.69, 9.17) is 9.47 Å². The largest absolute Gasteiger partial charge is 0.347 e. The molecule has 0 N–H and O–H groups in total. The topological polar surface area (TPSA) is 18.5 Å². The molecule has 1 atom stereocenters. The van der Waals surface area contributed by atoms with Gasteiger partial charge in [0, 0.05) is 12.3 Å². The number of ether oxygens (including phenoxy) is 2. The molecule has 64 valence electrons. The minimum atomic E-state index is -0.144. The molecule has 0 radical (unpaired) electrons. The second-order valence-electron chi connectivity index (χ2n) is 3.51. The molecule has 2 aliphatic rings. The Morgan fingerprint density at radius 1 is 1.36 bits per heavy atom. The van der Waals surface area contributed by atoms with Crippen molar-refractivity contribution < 1.29 is 9.47 Å². The number of hydrogen-bond acceptors (Lipinski definition) is 2. The summed E-state index contributed by atoms with van der Waals surface area (Å²) in [5.74, 6) is 0.513. The van der Waals surface area contributed by atoms with E-state index in [1.54, 1.807) is 0 Å². The Balaban J connectivity index is 2.09. The number of hydrogen-bond donors (Lipinski definition) is 0. The molecule has 2 nitrogen and oxygen atoms in total. The van der Waals surface area contributed by atoms with E-state index < -0.39 is 0 Å². The molecule has 1 spiro atoms. The molecule has 0 bridgehead atoms. The predicted octanol–water partition coefficient (Wildman–Crippen LogP) is 1.94. The third-order valence-corrected chi connectivity index (χ3v) is 2.97. The van der Waals surface area contributed by atoms with Crippen molar-refractivity contribution in [3.05, 3.63) is 0 Å². The van der Waals surface area contributed by atoms with Gasteiger partial charge in [0.1, 0.15) is 0 Å². The van der Waals surface area contributed by atoms with Gasteiger partial charge >= 0.3 is 0 Å². The highest BCUT2D eigenvalue weighted by Crippen LogP contribution is 2.43. The van der Waals surface area contributed by atoms with Crippen LogP contribution in [0.3, 0.4) is 0 Å². The molecule has 1 saturated carbocycles. The van der Waals surface area contributed by atoms with Crippen LogP contribution in [0.2, 0.25) is 0 Å². The molecule has 0 amide bonds. The van der Waals surface area contributed by atoms with Crippen molar-refractivity contribution in [2.75, 3.05) is 13.2 Å². The predicted molar refractivity (Wildman–Crippen MR) is 42.3 cm³/mol. The lowest BCUT2D eigenvalue weighted by Gasteiger charge is -2.28. The van der Waals surface area contributed by atoms with Gasteiger partial charge in [-0.25, -0.2) is 0 Å². The van der Waals surface area contributed by atoms with E-state index in [1.165, 1.54) is 19.3 Å². The summed E-state index contributed by atoms with van der Waals surface area (Å²) < 4.78 is 11.4. The van der Waals surface area contributed by atoms with Crippen LogP contribution in [-0.4, -0.2) is 19.0 Å². The van der Waals surface area contributed by atoms with Gasteiger partial charge in [0.05, 0.1) is 13.2 Å². The van der Waals surface area contributed by atoms with Crippen LogP contribution in [0, 0.1) is 5.92 Å². The summed E-state index contributed by atoms with van der Waals surface area (Å²) >= 11 is 0. The molecule has 1 saturated heterocycles. The molecular formula is C9H16O2. The lowest BCUT2D eigenvalue weighted by Crippen LogP contribution is -2.33. The normalized spacial score (nSPS) is 35.2. The van der Waals surface area contributed by atoms with Gasteiger partial charge in [0.2, 0.25) is 0 Å². The standard InChI is InChI=1S/C9H16O2/c1-2-8-4-3-5-9(8)10-6-7-11-9/h8H,2-7H2,1H3/t8-/m1/s1. The van der Waals surface area contributed by atoms with Crippen molar-refractivity contribution in [2.45, 2.75) is 38.4 Å². The zero-order valence-corrected chi connectivity index (χ0v) is 7.14. The van der Waals surface area contributed by atoms with Crippen LogP contribution in [0.1, 0.15) is 32.6 Å². The first-order valence-corrected chi connectivity index (χ1v) is 4.65. The van der Waals surface area contributed by atoms with Gasteiger partial charge in [-0.05, 0) is 19.3 Å². The van der Waals surface area contributed by atoms with Crippen molar-refractivity contribution in [1.82, 2.24) is 0 Å². The van der Waals surface area contributed by atoms with Gasteiger partial charge in [-0.15, -0.1) is 0 Å². The maximum absolute atomic E-state index is 5.68. The molecule has 2 rings (SSSR count). The van der Waals surface area contributed by atoms with Crippen molar-refractivity contribution in [3.63, 3.8) is 0 Å². The Morgan fingerprint density at radius 3 is 2.73 bits per heavy atom. The molecule has 2 fully saturated rings. The van der Waals surface area contributed by atoms with E-state index in [1.807, 2.05) is 0 Å². The van der Waals surface area contributed by atoms with Crippen LogP contribution < -0.4 is 0 Å². The molecule has 1 heterocycles. The maximum Gasteiger partial charge on any atom is 0.171 e. The fourth-order valence-electron chi connectivity index (χ4n) is 2.38. The van der Waals surface area contributed by atoms with Crippen LogP contribution >= 0.6 is 0 Å². The molecule has 0 aromatic rings. The molecule has 11 heavy (non-hydrogen) atoms. The summed E-state index contributed by atoms with van der Waals surface area (Å²) in [6.07, 6.45) is 4.88. The summed E-state index contributed by atoms with van der Waals surface area (Å²) in [6.45, 7) is 3.83. The Hall–Kier alpha value is -0.0800. The Morgan fingerprint density at radius 2 is 2.09 bits per heavy atom. The summed E-state index contributed by atoms with van der Waals surface area (Å²) in [5, 5.41) is 0. The highest BCUT2D eigenvalue weighted by Gasteiger charge is 2.46. The number of rotatable bonds is 1. The molecule has 1 aliphatic heterocycles.